The van der Waals surface area contributed by atoms with Crippen LogP contribution in [-0.4, -0.2) is 64.4 Å². The lowest BCUT2D eigenvalue weighted by Crippen LogP contribution is -2.40. The predicted octanol–water partition coefficient (Wildman–Crippen LogP) is 1.79. The van der Waals surface area contributed by atoms with Crippen molar-refractivity contribution in [3.8, 4) is 0 Å². The minimum absolute atomic E-state index is 0.229. The minimum Gasteiger partial charge on any atom is -0.392 e. The van der Waals surface area contributed by atoms with Crippen LogP contribution in [0.3, 0.4) is 0 Å². The molecule has 0 aromatic carbocycles. The first kappa shape index (κ1) is 18.4. The molecular weight excluding hydrogens is 292 g/mol. The number of hydrogen-bond donors (Lipinski definition) is 1. The fraction of sp³-hybridized carbons (Fsp3) is 0.882. The Morgan fingerprint density at radius 2 is 2.00 bits per heavy atom. The van der Waals surface area contributed by atoms with Crippen molar-refractivity contribution in [2.45, 2.75) is 52.7 Å². The standard InChI is InChI=1S/C17H32N4O2/c1-13(2)9-17-18-16(19-23-17)12-20(4)11-15-5-7-21(8-6-15)10-14(3)22/h13-15,22H,5-12H2,1-4H3/t14-/m1/s1. The molecule has 6 nitrogen and oxygen atoms in total. The second kappa shape index (κ2) is 8.76. The zero-order valence-corrected chi connectivity index (χ0v) is 15.0. The zero-order valence-electron chi connectivity index (χ0n) is 15.0. The van der Waals surface area contributed by atoms with Crippen LogP contribution in [0.1, 0.15) is 45.3 Å². The molecule has 1 N–H and O–H groups in total. The fourth-order valence-electron chi connectivity index (χ4n) is 3.26. The van der Waals surface area contributed by atoms with E-state index < -0.39 is 0 Å². The number of nitrogens with zero attached hydrogens (tertiary/aromatic N) is 4. The molecule has 132 valence electrons. The number of piperidine rings is 1. The van der Waals surface area contributed by atoms with E-state index in [1.807, 2.05) is 6.92 Å². The van der Waals surface area contributed by atoms with Gasteiger partial charge >= 0.3 is 0 Å². The van der Waals surface area contributed by atoms with Crippen LogP contribution >= 0.6 is 0 Å². The molecule has 1 saturated heterocycles. The van der Waals surface area contributed by atoms with E-state index in [0.717, 1.165) is 50.9 Å². The number of aliphatic hydroxyl groups excluding tert-OH is 1. The van der Waals surface area contributed by atoms with E-state index in [2.05, 4.69) is 40.8 Å². The number of rotatable bonds is 8. The molecule has 0 spiro atoms. The Morgan fingerprint density at radius 3 is 2.61 bits per heavy atom. The molecule has 0 aliphatic carbocycles. The van der Waals surface area contributed by atoms with E-state index in [4.69, 9.17) is 4.52 Å². The van der Waals surface area contributed by atoms with Gasteiger partial charge in [0, 0.05) is 19.5 Å². The van der Waals surface area contributed by atoms with Gasteiger partial charge in [-0.25, -0.2) is 0 Å². The molecule has 0 unspecified atom stereocenters. The van der Waals surface area contributed by atoms with Gasteiger partial charge in [0.2, 0.25) is 5.89 Å². The molecule has 0 bridgehead atoms. The Kier molecular flexibility index (Phi) is 6.99. The third-order valence-electron chi connectivity index (χ3n) is 4.30. The maximum absolute atomic E-state index is 9.46. The molecule has 1 atom stereocenters. The third-order valence-corrected chi connectivity index (χ3v) is 4.30. The van der Waals surface area contributed by atoms with E-state index in [1.165, 1.54) is 12.8 Å². The Bertz CT molecular complexity index is 453. The highest BCUT2D eigenvalue weighted by molar-refractivity contribution is 4.87. The van der Waals surface area contributed by atoms with Gasteiger partial charge in [-0.15, -0.1) is 0 Å². The summed E-state index contributed by atoms with van der Waals surface area (Å²) in [4.78, 5) is 9.12. The lowest BCUT2D eigenvalue weighted by molar-refractivity contribution is 0.0916. The largest absolute Gasteiger partial charge is 0.392 e. The molecule has 0 amide bonds. The van der Waals surface area contributed by atoms with Crippen molar-refractivity contribution in [1.82, 2.24) is 19.9 Å². The van der Waals surface area contributed by atoms with Gasteiger partial charge in [-0.2, -0.15) is 4.98 Å². The number of aliphatic hydroxyl groups is 1. The average Bonchev–Trinajstić information content (AvgIpc) is 2.86. The highest BCUT2D eigenvalue weighted by Crippen LogP contribution is 2.19. The van der Waals surface area contributed by atoms with Gasteiger partial charge in [0.1, 0.15) is 0 Å². The third kappa shape index (κ3) is 6.57. The number of likely N-dealkylation sites (tertiary alicyclic amines) is 1. The van der Waals surface area contributed by atoms with Crippen LogP contribution in [-0.2, 0) is 13.0 Å². The SMILES string of the molecule is CC(C)Cc1nc(CN(C)CC2CCN(C[C@@H](C)O)CC2)no1. The summed E-state index contributed by atoms with van der Waals surface area (Å²) < 4.78 is 5.30. The summed E-state index contributed by atoms with van der Waals surface area (Å²) in [6, 6.07) is 0. The number of aromatic nitrogens is 2. The van der Waals surface area contributed by atoms with Crippen molar-refractivity contribution in [2.24, 2.45) is 11.8 Å². The van der Waals surface area contributed by atoms with Crippen LogP contribution in [0, 0.1) is 11.8 Å². The lowest BCUT2D eigenvalue weighted by atomic mass is 9.96. The molecule has 2 rings (SSSR count). The molecule has 0 radical (unpaired) electrons. The average molecular weight is 324 g/mol. The molecule has 6 heteroatoms. The summed E-state index contributed by atoms with van der Waals surface area (Å²) in [7, 11) is 2.13. The summed E-state index contributed by atoms with van der Waals surface area (Å²) in [6.07, 6.45) is 3.01. The fourth-order valence-corrected chi connectivity index (χ4v) is 3.26. The molecule has 0 saturated carbocycles. The van der Waals surface area contributed by atoms with Gasteiger partial charge in [-0.1, -0.05) is 19.0 Å². The summed E-state index contributed by atoms with van der Waals surface area (Å²) in [5, 5.41) is 13.5. The first-order valence-corrected chi connectivity index (χ1v) is 8.82. The van der Waals surface area contributed by atoms with Gasteiger partial charge in [0.25, 0.3) is 0 Å². The first-order valence-electron chi connectivity index (χ1n) is 8.82. The molecular formula is C17H32N4O2. The minimum atomic E-state index is -0.229. The van der Waals surface area contributed by atoms with Gasteiger partial charge < -0.3 is 14.5 Å². The van der Waals surface area contributed by atoms with Crippen molar-refractivity contribution < 1.29 is 9.63 Å². The highest BCUT2D eigenvalue weighted by atomic mass is 16.5. The molecule has 1 aliphatic heterocycles. The molecule has 23 heavy (non-hydrogen) atoms. The Labute approximate surface area is 139 Å². The summed E-state index contributed by atoms with van der Waals surface area (Å²) >= 11 is 0. The summed E-state index contributed by atoms with van der Waals surface area (Å²) in [5.74, 6) is 2.78. The molecule has 1 aromatic heterocycles. The van der Waals surface area contributed by atoms with Crippen molar-refractivity contribution in [1.29, 1.82) is 0 Å². The summed E-state index contributed by atoms with van der Waals surface area (Å²) in [6.45, 7) is 10.9. The monoisotopic (exact) mass is 324 g/mol. The lowest BCUT2D eigenvalue weighted by Gasteiger charge is -2.34. The predicted molar refractivity (Wildman–Crippen MR) is 90.0 cm³/mol. The van der Waals surface area contributed by atoms with Crippen LogP contribution in [0.4, 0.5) is 0 Å². The van der Waals surface area contributed by atoms with E-state index in [-0.39, 0.29) is 6.10 Å². The zero-order chi connectivity index (χ0) is 16.8. The Balaban J connectivity index is 1.71. The van der Waals surface area contributed by atoms with E-state index in [1.54, 1.807) is 0 Å². The van der Waals surface area contributed by atoms with Gasteiger partial charge in [0.05, 0.1) is 12.6 Å². The second-order valence-corrected chi connectivity index (χ2v) is 7.49. The smallest absolute Gasteiger partial charge is 0.226 e. The summed E-state index contributed by atoms with van der Waals surface area (Å²) in [5.41, 5.74) is 0. The molecule has 1 aliphatic rings. The number of hydrogen-bond acceptors (Lipinski definition) is 6. The van der Waals surface area contributed by atoms with E-state index >= 15 is 0 Å². The second-order valence-electron chi connectivity index (χ2n) is 7.49. The number of β-amino-alcohol motifs (C(OH)–C–C–N with tert-alkyl or cyclic N) is 1. The quantitative estimate of drug-likeness (QED) is 0.786. The molecule has 1 fully saturated rings. The van der Waals surface area contributed by atoms with Crippen molar-refractivity contribution >= 4 is 0 Å². The van der Waals surface area contributed by atoms with Gasteiger partial charge in [0.15, 0.2) is 5.82 Å². The normalized spacial score (nSPS) is 18.9. The Hall–Kier alpha value is -0.980. The topological polar surface area (TPSA) is 65.6 Å². The molecule has 2 heterocycles. The van der Waals surface area contributed by atoms with Crippen LogP contribution < -0.4 is 0 Å². The van der Waals surface area contributed by atoms with Crippen LogP contribution in [0.15, 0.2) is 4.52 Å². The van der Waals surface area contributed by atoms with Crippen LogP contribution in [0.25, 0.3) is 0 Å². The van der Waals surface area contributed by atoms with Crippen LogP contribution in [0.5, 0.6) is 0 Å². The van der Waals surface area contributed by atoms with Gasteiger partial charge in [-0.3, -0.25) is 4.90 Å². The van der Waals surface area contributed by atoms with E-state index in [0.29, 0.717) is 11.8 Å². The van der Waals surface area contributed by atoms with E-state index in [9.17, 15) is 5.11 Å². The molecule has 1 aromatic rings. The van der Waals surface area contributed by atoms with Crippen molar-refractivity contribution in [3.05, 3.63) is 11.7 Å². The van der Waals surface area contributed by atoms with Crippen molar-refractivity contribution in [2.75, 3.05) is 33.2 Å². The maximum Gasteiger partial charge on any atom is 0.226 e. The Morgan fingerprint density at radius 1 is 1.30 bits per heavy atom. The maximum atomic E-state index is 9.46. The van der Waals surface area contributed by atoms with Crippen LogP contribution in [0.2, 0.25) is 0 Å². The first-order chi connectivity index (χ1) is 10.9. The van der Waals surface area contributed by atoms with Crippen molar-refractivity contribution in [3.63, 3.8) is 0 Å². The highest BCUT2D eigenvalue weighted by Gasteiger charge is 2.21. The van der Waals surface area contributed by atoms with Gasteiger partial charge in [-0.05, 0) is 51.7 Å².